The number of nitrogens with one attached hydrogen (secondary N) is 1. The summed E-state index contributed by atoms with van der Waals surface area (Å²) in [6.45, 7) is 7.38. The number of nitrogens with zero attached hydrogens (tertiary/aromatic N) is 3. The summed E-state index contributed by atoms with van der Waals surface area (Å²) in [5, 5.41) is 3.13. The van der Waals surface area contributed by atoms with Gasteiger partial charge in [-0.1, -0.05) is 11.6 Å². The Morgan fingerprint density at radius 2 is 1.96 bits per heavy atom. The highest BCUT2D eigenvalue weighted by Gasteiger charge is 2.37. The van der Waals surface area contributed by atoms with Crippen molar-refractivity contribution in [2.75, 3.05) is 30.4 Å². The van der Waals surface area contributed by atoms with Crippen LogP contribution in [0.25, 0.3) is 0 Å². The van der Waals surface area contributed by atoms with Crippen LogP contribution in [0, 0.1) is 0 Å². The summed E-state index contributed by atoms with van der Waals surface area (Å²) in [6, 6.07) is 2.98. The van der Waals surface area contributed by atoms with Crippen molar-refractivity contribution in [1.82, 2.24) is 9.88 Å². The second-order valence-electron chi connectivity index (χ2n) is 7.60. The van der Waals surface area contributed by atoms with E-state index in [0.717, 1.165) is 18.9 Å². The van der Waals surface area contributed by atoms with Gasteiger partial charge >= 0.3 is 6.09 Å². The number of halogens is 1. The number of carbonyl (C=O) groups excluding carboxylic acids is 1. The molecule has 2 saturated heterocycles. The summed E-state index contributed by atoms with van der Waals surface area (Å²) in [4.78, 5) is 21.2. The lowest BCUT2D eigenvalue weighted by Gasteiger charge is -2.39. The number of piperazine rings is 1. The van der Waals surface area contributed by atoms with E-state index in [1.807, 2.05) is 26.8 Å². The molecule has 1 aromatic rings. The van der Waals surface area contributed by atoms with Gasteiger partial charge in [0.05, 0.1) is 16.9 Å². The van der Waals surface area contributed by atoms with Crippen molar-refractivity contribution >= 4 is 29.2 Å². The van der Waals surface area contributed by atoms with E-state index in [9.17, 15) is 4.79 Å². The van der Waals surface area contributed by atoms with Gasteiger partial charge in [0, 0.05) is 31.2 Å². The van der Waals surface area contributed by atoms with E-state index >= 15 is 0 Å². The van der Waals surface area contributed by atoms with Crippen LogP contribution in [-0.2, 0) is 4.74 Å². The number of ether oxygens (including phenoxy) is 1. The third-order valence-corrected chi connectivity index (χ3v) is 4.95. The third-order valence-electron chi connectivity index (χ3n) is 4.65. The van der Waals surface area contributed by atoms with Gasteiger partial charge < -0.3 is 9.64 Å². The van der Waals surface area contributed by atoms with Gasteiger partial charge in [0.1, 0.15) is 11.4 Å². The molecule has 2 bridgehead atoms. The smallest absolute Gasteiger partial charge is 0.412 e. The second kappa shape index (κ2) is 6.41. The molecule has 0 spiro atoms. The maximum atomic E-state index is 12.0. The molecule has 6 nitrogen and oxygen atoms in total. The molecule has 0 aliphatic carbocycles. The maximum Gasteiger partial charge on any atom is 0.412 e. The van der Waals surface area contributed by atoms with Gasteiger partial charge in [-0.15, -0.1) is 0 Å². The fourth-order valence-corrected chi connectivity index (χ4v) is 3.56. The van der Waals surface area contributed by atoms with Gasteiger partial charge in [-0.3, -0.25) is 10.2 Å². The minimum absolute atomic E-state index is 0.404. The van der Waals surface area contributed by atoms with Crippen LogP contribution in [0.1, 0.15) is 33.6 Å². The zero-order valence-electron chi connectivity index (χ0n) is 14.7. The molecule has 1 amide bonds. The number of aromatic nitrogens is 1. The zero-order valence-corrected chi connectivity index (χ0v) is 15.4. The Labute approximate surface area is 148 Å². The van der Waals surface area contributed by atoms with E-state index in [4.69, 9.17) is 16.3 Å². The first-order valence-corrected chi connectivity index (χ1v) is 8.73. The van der Waals surface area contributed by atoms with E-state index in [1.54, 1.807) is 6.20 Å². The van der Waals surface area contributed by atoms with Crippen LogP contribution in [0.3, 0.4) is 0 Å². The molecule has 0 saturated carbocycles. The van der Waals surface area contributed by atoms with Gasteiger partial charge in [-0.25, -0.2) is 9.78 Å². The van der Waals surface area contributed by atoms with Gasteiger partial charge in [0.2, 0.25) is 0 Å². The minimum atomic E-state index is -0.553. The minimum Gasteiger partial charge on any atom is -0.444 e. The molecule has 0 radical (unpaired) electrons. The van der Waals surface area contributed by atoms with Crippen LogP contribution in [0.15, 0.2) is 12.3 Å². The van der Waals surface area contributed by atoms with Crippen molar-refractivity contribution in [1.29, 1.82) is 0 Å². The summed E-state index contributed by atoms with van der Waals surface area (Å²) in [6.07, 6.45) is 3.53. The van der Waals surface area contributed by atoms with Crippen LogP contribution < -0.4 is 10.2 Å². The average Bonchev–Trinajstić information content (AvgIpc) is 2.70. The van der Waals surface area contributed by atoms with Gasteiger partial charge in [0.25, 0.3) is 0 Å². The Hall–Kier alpha value is -1.53. The molecule has 1 unspecified atom stereocenters. The van der Waals surface area contributed by atoms with Crippen LogP contribution in [0.4, 0.5) is 16.3 Å². The van der Waals surface area contributed by atoms with Crippen molar-refractivity contribution in [3.63, 3.8) is 0 Å². The van der Waals surface area contributed by atoms with Gasteiger partial charge in [0.15, 0.2) is 0 Å². The maximum absolute atomic E-state index is 12.0. The molecule has 7 heteroatoms. The van der Waals surface area contributed by atoms with Crippen molar-refractivity contribution in [3.8, 4) is 0 Å². The summed E-state index contributed by atoms with van der Waals surface area (Å²) in [7, 11) is 2.20. The lowest BCUT2D eigenvalue weighted by Crippen LogP contribution is -2.52. The summed E-state index contributed by atoms with van der Waals surface area (Å²) < 4.78 is 5.29. The molecule has 0 aromatic carbocycles. The fourth-order valence-electron chi connectivity index (χ4n) is 3.41. The first kappa shape index (κ1) is 17.3. The Balaban J connectivity index is 1.73. The SMILES string of the molecule is CN1C2CC[C@@H]1CN(c1cc(NC(=O)OC(C)(C)C)c(Cl)cn1)C2. The molecule has 3 rings (SSSR count). The number of likely N-dealkylation sites (N-methyl/N-ethyl adjacent to an activating group) is 1. The highest BCUT2D eigenvalue weighted by atomic mass is 35.5. The Kier molecular flexibility index (Phi) is 4.62. The topological polar surface area (TPSA) is 57.7 Å². The molecular weight excluding hydrogens is 328 g/mol. The molecule has 2 aliphatic rings. The largest absolute Gasteiger partial charge is 0.444 e. The Bertz CT molecular complexity index is 618. The quantitative estimate of drug-likeness (QED) is 0.884. The molecule has 24 heavy (non-hydrogen) atoms. The lowest BCUT2D eigenvalue weighted by atomic mass is 10.2. The van der Waals surface area contributed by atoms with Crippen molar-refractivity contribution in [3.05, 3.63) is 17.3 Å². The second-order valence-corrected chi connectivity index (χ2v) is 8.01. The molecule has 2 atom stereocenters. The van der Waals surface area contributed by atoms with E-state index in [2.05, 4.69) is 27.1 Å². The Morgan fingerprint density at radius 1 is 1.33 bits per heavy atom. The normalized spacial score (nSPS) is 24.1. The lowest BCUT2D eigenvalue weighted by molar-refractivity contribution is 0.0636. The molecule has 2 fully saturated rings. The molecule has 1 N–H and O–H groups in total. The number of hydrogen-bond donors (Lipinski definition) is 1. The van der Waals surface area contributed by atoms with Crippen LogP contribution in [0.2, 0.25) is 5.02 Å². The van der Waals surface area contributed by atoms with Crippen LogP contribution in [0.5, 0.6) is 0 Å². The van der Waals surface area contributed by atoms with Gasteiger partial charge in [-0.05, 0) is 40.7 Å². The van der Waals surface area contributed by atoms with Crippen LogP contribution >= 0.6 is 11.6 Å². The standard InChI is InChI=1S/C17H25ClN4O2/c1-17(2,3)24-16(23)20-14-7-15(19-8-13(14)18)22-9-11-5-6-12(10-22)21(11)4/h7-8,11-12H,5-6,9-10H2,1-4H3,(H,19,20,23)/t11-,12?/m1/s1. The number of amides is 1. The highest BCUT2D eigenvalue weighted by molar-refractivity contribution is 6.33. The van der Waals surface area contributed by atoms with Crippen LogP contribution in [-0.4, -0.2) is 53.8 Å². The fraction of sp³-hybridized carbons (Fsp3) is 0.647. The van der Waals surface area contributed by atoms with E-state index in [1.165, 1.54) is 12.8 Å². The predicted molar refractivity (Wildman–Crippen MR) is 95.9 cm³/mol. The number of rotatable bonds is 2. The van der Waals surface area contributed by atoms with Gasteiger partial charge in [-0.2, -0.15) is 0 Å². The van der Waals surface area contributed by atoms with E-state index in [0.29, 0.717) is 22.8 Å². The predicted octanol–water partition coefficient (Wildman–Crippen LogP) is 3.36. The number of anilines is 2. The number of fused-ring (bicyclic) bond motifs is 2. The summed E-state index contributed by atoms with van der Waals surface area (Å²) >= 11 is 6.18. The average molecular weight is 353 g/mol. The number of hydrogen-bond acceptors (Lipinski definition) is 5. The third kappa shape index (κ3) is 3.75. The molecule has 1 aromatic heterocycles. The van der Waals surface area contributed by atoms with Crippen molar-refractivity contribution in [2.24, 2.45) is 0 Å². The highest BCUT2D eigenvalue weighted by Crippen LogP contribution is 2.32. The van der Waals surface area contributed by atoms with E-state index in [-0.39, 0.29) is 0 Å². The van der Waals surface area contributed by atoms with Crippen molar-refractivity contribution < 1.29 is 9.53 Å². The molecule has 132 valence electrons. The molecular formula is C17H25ClN4O2. The zero-order chi connectivity index (χ0) is 17.5. The monoisotopic (exact) mass is 352 g/mol. The summed E-state index contributed by atoms with van der Waals surface area (Å²) in [5.74, 6) is 0.843. The summed E-state index contributed by atoms with van der Waals surface area (Å²) in [5.41, 5.74) is -0.0227. The first-order valence-electron chi connectivity index (χ1n) is 8.35. The number of carbonyl (C=O) groups is 1. The van der Waals surface area contributed by atoms with Crippen molar-refractivity contribution in [2.45, 2.75) is 51.3 Å². The Morgan fingerprint density at radius 3 is 2.54 bits per heavy atom. The van der Waals surface area contributed by atoms with E-state index < -0.39 is 11.7 Å². The molecule has 3 heterocycles. The first-order chi connectivity index (χ1) is 11.2. The number of pyridine rings is 1. The molecule has 2 aliphatic heterocycles.